The number of hydrogen-bond donors (Lipinski definition) is 1. The Morgan fingerprint density at radius 2 is 1.67 bits per heavy atom. The third kappa shape index (κ3) is 5.53. The summed E-state index contributed by atoms with van der Waals surface area (Å²) in [5.74, 6) is -1.41. The highest BCUT2D eigenvalue weighted by molar-refractivity contribution is 7.90. The Morgan fingerprint density at radius 3 is 2.33 bits per heavy atom. The summed E-state index contributed by atoms with van der Waals surface area (Å²) < 4.78 is 50.8. The Hall–Kier alpha value is -3.00. The second kappa shape index (κ2) is 10.5. The van der Waals surface area contributed by atoms with Crippen LogP contribution in [0.4, 0.5) is 5.69 Å². The largest absolute Gasteiger partial charge is 0.369 e. The van der Waals surface area contributed by atoms with Crippen LogP contribution in [0.25, 0.3) is 0 Å². The molecule has 2 aromatic carbocycles. The fraction of sp³-hybridized carbons (Fsp3) is 0.391. The molecule has 1 fully saturated rings. The van der Waals surface area contributed by atoms with Crippen LogP contribution < -0.4 is 9.79 Å². The molecule has 4 rings (SSSR count). The molecule has 2 heterocycles. The summed E-state index contributed by atoms with van der Waals surface area (Å²) in [7, 11) is -5.91. The number of nitrogens with one attached hydrogen (secondary N) is 1. The quantitative estimate of drug-likeness (QED) is 0.371. The summed E-state index contributed by atoms with van der Waals surface area (Å²) >= 11 is 0. The van der Waals surface area contributed by atoms with E-state index >= 15 is 0 Å². The third-order valence-corrected chi connectivity index (χ3v) is 9.22. The first-order valence-corrected chi connectivity index (χ1v) is 14.4. The van der Waals surface area contributed by atoms with E-state index in [0.29, 0.717) is 0 Å². The summed E-state index contributed by atoms with van der Waals surface area (Å²) in [6.07, 6.45) is 0.268. The van der Waals surface area contributed by atoms with Gasteiger partial charge < -0.3 is 14.6 Å². The van der Waals surface area contributed by atoms with E-state index in [1.807, 2.05) is 4.89 Å². The van der Waals surface area contributed by atoms with Gasteiger partial charge in [-0.2, -0.15) is 0 Å². The molecule has 0 radical (unpaired) electrons. The number of carbonyl (C=O) groups excluding carboxylic acids is 2. The SMILES string of the molecule is CN1CCN(c2ccc(S(=O)(=O)NOC(=O)CCCCN3C(=O)c4ccccc4S3(=O)=O)cc2)CC1. The number of benzene rings is 2. The van der Waals surface area contributed by atoms with Crippen LogP contribution in [0, 0.1) is 0 Å². The molecule has 0 atom stereocenters. The fourth-order valence-electron chi connectivity index (χ4n) is 4.08. The molecule has 2 aliphatic rings. The molecule has 13 heteroatoms. The van der Waals surface area contributed by atoms with Crippen LogP contribution in [-0.4, -0.2) is 77.7 Å². The third-order valence-electron chi connectivity index (χ3n) is 6.18. The lowest BCUT2D eigenvalue weighted by Gasteiger charge is -2.34. The predicted octanol–water partition coefficient (Wildman–Crippen LogP) is 1.19. The van der Waals surface area contributed by atoms with Crippen molar-refractivity contribution in [2.45, 2.75) is 29.1 Å². The minimum absolute atomic E-state index is 0.0274. The van der Waals surface area contributed by atoms with Crippen molar-refractivity contribution in [3.8, 4) is 0 Å². The van der Waals surface area contributed by atoms with Crippen LogP contribution in [-0.2, 0) is 29.7 Å². The Kier molecular flexibility index (Phi) is 7.64. The van der Waals surface area contributed by atoms with Crippen molar-refractivity contribution in [2.75, 3.05) is 44.7 Å². The van der Waals surface area contributed by atoms with Gasteiger partial charge in [-0.15, -0.1) is 0 Å². The molecule has 1 saturated heterocycles. The van der Waals surface area contributed by atoms with Gasteiger partial charge in [-0.1, -0.05) is 12.1 Å². The molecular formula is C23H28N4O7S2. The number of amides is 1. The van der Waals surface area contributed by atoms with Crippen molar-refractivity contribution in [3.05, 3.63) is 54.1 Å². The Balaban J connectivity index is 1.22. The van der Waals surface area contributed by atoms with E-state index in [1.165, 1.54) is 24.3 Å². The van der Waals surface area contributed by atoms with Crippen LogP contribution in [0.3, 0.4) is 0 Å². The van der Waals surface area contributed by atoms with Crippen LogP contribution >= 0.6 is 0 Å². The molecule has 194 valence electrons. The molecule has 11 nitrogen and oxygen atoms in total. The van der Waals surface area contributed by atoms with Crippen molar-refractivity contribution in [2.24, 2.45) is 0 Å². The number of hydrogen-bond acceptors (Lipinski definition) is 9. The van der Waals surface area contributed by atoms with E-state index in [2.05, 4.69) is 16.8 Å². The van der Waals surface area contributed by atoms with Gasteiger partial charge in [0.05, 0.1) is 10.5 Å². The zero-order valence-electron chi connectivity index (χ0n) is 19.8. The van der Waals surface area contributed by atoms with Crippen molar-refractivity contribution in [1.29, 1.82) is 0 Å². The number of carbonyl (C=O) groups is 2. The monoisotopic (exact) mass is 536 g/mol. The van der Waals surface area contributed by atoms with E-state index < -0.39 is 31.9 Å². The van der Waals surface area contributed by atoms with E-state index in [1.54, 1.807) is 24.3 Å². The van der Waals surface area contributed by atoms with Gasteiger partial charge in [0.25, 0.3) is 26.0 Å². The summed E-state index contributed by atoms with van der Waals surface area (Å²) in [5, 5.41) is 0. The van der Waals surface area contributed by atoms with Crippen molar-refractivity contribution in [1.82, 2.24) is 14.1 Å². The molecule has 0 unspecified atom stereocenters. The lowest BCUT2D eigenvalue weighted by molar-refractivity contribution is -0.147. The maximum atomic E-state index is 12.5. The molecule has 36 heavy (non-hydrogen) atoms. The van der Waals surface area contributed by atoms with Gasteiger partial charge >= 0.3 is 5.97 Å². The lowest BCUT2D eigenvalue weighted by Crippen LogP contribution is -2.44. The number of rotatable bonds is 9. The predicted molar refractivity (Wildman–Crippen MR) is 131 cm³/mol. The number of fused-ring (bicyclic) bond motifs is 1. The molecule has 0 spiro atoms. The number of piperazine rings is 1. The number of sulfonamides is 2. The standard InChI is InChI=1S/C23H28N4O7S2/c1-25-14-16-26(17-15-25)18-9-11-19(12-10-18)35(30,31)24-34-22(28)8-4-5-13-27-23(29)20-6-2-3-7-21(20)36(27,32)33/h2-3,6-7,9-12,24H,4-5,8,13-17H2,1H3. The van der Waals surface area contributed by atoms with Gasteiger partial charge in [0.1, 0.15) is 4.90 Å². The highest BCUT2D eigenvalue weighted by atomic mass is 32.2. The van der Waals surface area contributed by atoms with Crippen molar-refractivity contribution in [3.63, 3.8) is 0 Å². The molecule has 1 N–H and O–H groups in total. The van der Waals surface area contributed by atoms with E-state index in [-0.39, 0.29) is 41.2 Å². The smallest absolute Gasteiger partial charge is 0.326 e. The number of nitrogens with zero attached hydrogens (tertiary/aromatic N) is 3. The van der Waals surface area contributed by atoms with Gasteiger partial charge in [0.2, 0.25) is 0 Å². The second-order valence-corrected chi connectivity index (χ2v) is 12.2. The molecule has 2 aliphatic heterocycles. The number of unbranched alkanes of at least 4 members (excludes halogenated alkanes) is 1. The molecule has 0 bridgehead atoms. The molecule has 0 aliphatic carbocycles. The topological polar surface area (TPSA) is 133 Å². The van der Waals surface area contributed by atoms with Crippen molar-refractivity contribution < 1.29 is 31.3 Å². The average molecular weight is 537 g/mol. The van der Waals surface area contributed by atoms with E-state index in [4.69, 9.17) is 4.84 Å². The van der Waals surface area contributed by atoms with E-state index in [9.17, 15) is 26.4 Å². The molecule has 2 aromatic rings. The minimum atomic E-state index is -4.06. The summed E-state index contributed by atoms with van der Waals surface area (Å²) in [5.41, 5.74) is 1.04. The van der Waals surface area contributed by atoms with Crippen LogP contribution in [0.1, 0.15) is 29.6 Å². The Morgan fingerprint density at radius 1 is 1.00 bits per heavy atom. The van der Waals surface area contributed by atoms with Crippen LogP contribution in [0.5, 0.6) is 0 Å². The number of likely N-dealkylation sites (N-methyl/N-ethyl adjacent to an activating group) is 1. The lowest BCUT2D eigenvalue weighted by atomic mass is 10.2. The molecule has 0 aromatic heterocycles. The van der Waals surface area contributed by atoms with Crippen molar-refractivity contribution >= 4 is 37.6 Å². The normalized spacial score (nSPS) is 17.8. The maximum absolute atomic E-state index is 12.5. The Bertz CT molecular complexity index is 1340. The highest BCUT2D eigenvalue weighted by Gasteiger charge is 2.40. The van der Waals surface area contributed by atoms with Crippen LogP contribution in [0.2, 0.25) is 0 Å². The maximum Gasteiger partial charge on any atom is 0.326 e. The average Bonchev–Trinajstić information content (AvgIpc) is 3.06. The highest BCUT2D eigenvalue weighted by Crippen LogP contribution is 2.30. The van der Waals surface area contributed by atoms with Gasteiger partial charge in [-0.3, -0.25) is 9.59 Å². The van der Waals surface area contributed by atoms with Gasteiger partial charge in [0.15, 0.2) is 0 Å². The molecular weight excluding hydrogens is 508 g/mol. The summed E-state index contributed by atoms with van der Waals surface area (Å²) in [4.78, 5) is 35.3. The fourth-order valence-corrected chi connectivity index (χ4v) is 6.48. The second-order valence-electron chi connectivity index (χ2n) is 8.68. The molecule has 1 amide bonds. The number of anilines is 1. The molecule has 0 saturated carbocycles. The zero-order valence-corrected chi connectivity index (χ0v) is 21.4. The first-order chi connectivity index (χ1) is 17.1. The van der Waals surface area contributed by atoms with Crippen LogP contribution in [0.15, 0.2) is 58.3 Å². The Labute approximate surface area is 210 Å². The summed E-state index contributed by atoms with van der Waals surface area (Å²) in [6.45, 7) is 3.46. The first kappa shape index (κ1) is 26.1. The van der Waals surface area contributed by atoms with Gasteiger partial charge in [-0.05, 0) is 61.2 Å². The summed E-state index contributed by atoms with van der Waals surface area (Å²) in [6, 6.07) is 12.3. The zero-order chi connectivity index (χ0) is 25.9. The van der Waals surface area contributed by atoms with E-state index in [0.717, 1.165) is 36.2 Å². The van der Waals surface area contributed by atoms with Gasteiger partial charge in [0, 0.05) is 44.8 Å². The first-order valence-electron chi connectivity index (χ1n) is 11.5. The van der Waals surface area contributed by atoms with Gasteiger partial charge in [-0.25, -0.2) is 21.1 Å². The minimum Gasteiger partial charge on any atom is -0.369 e.